The highest BCUT2D eigenvalue weighted by atomic mass is 19.1. The first-order valence-corrected chi connectivity index (χ1v) is 6.47. The number of benzene rings is 1. The van der Waals surface area contributed by atoms with Crippen LogP contribution < -0.4 is 5.32 Å². The smallest absolute Gasteiger partial charge is 0.224 e. The molecular formula is C15H22FNO2. The molecule has 0 aliphatic rings. The maximum absolute atomic E-state index is 13.0. The van der Waals surface area contributed by atoms with Gasteiger partial charge >= 0.3 is 0 Å². The Kier molecular flexibility index (Phi) is 5.48. The molecule has 3 nitrogen and oxygen atoms in total. The molecule has 0 fully saturated rings. The number of hydrogen-bond acceptors (Lipinski definition) is 2. The van der Waals surface area contributed by atoms with Gasteiger partial charge in [-0.1, -0.05) is 32.9 Å². The first-order valence-electron chi connectivity index (χ1n) is 6.47. The fourth-order valence-electron chi connectivity index (χ4n) is 1.93. The summed E-state index contributed by atoms with van der Waals surface area (Å²) in [6.07, 6.45) is 0.661. The van der Waals surface area contributed by atoms with Gasteiger partial charge in [0.1, 0.15) is 5.82 Å². The molecule has 0 aromatic heterocycles. The average Bonchev–Trinajstić information content (AvgIpc) is 2.27. The molecule has 1 amide bonds. The second-order valence-electron chi connectivity index (χ2n) is 5.81. The van der Waals surface area contributed by atoms with Crippen LogP contribution >= 0.6 is 0 Å². The number of amides is 1. The van der Waals surface area contributed by atoms with E-state index in [9.17, 15) is 9.18 Å². The van der Waals surface area contributed by atoms with Crippen molar-refractivity contribution in [2.24, 2.45) is 5.41 Å². The van der Waals surface area contributed by atoms with Crippen molar-refractivity contribution < 1.29 is 14.3 Å². The van der Waals surface area contributed by atoms with Gasteiger partial charge in [-0.2, -0.15) is 0 Å². The Morgan fingerprint density at radius 2 is 2.11 bits per heavy atom. The van der Waals surface area contributed by atoms with Crippen LogP contribution in [0, 0.1) is 11.2 Å². The van der Waals surface area contributed by atoms with E-state index in [-0.39, 0.29) is 36.2 Å². The number of nitrogens with one attached hydrogen (secondary N) is 1. The summed E-state index contributed by atoms with van der Waals surface area (Å²) in [5.74, 6) is -0.494. The van der Waals surface area contributed by atoms with Crippen LogP contribution in [0.3, 0.4) is 0 Å². The van der Waals surface area contributed by atoms with Crippen LogP contribution in [0.1, 0.15) is 32.8 Å². The summed E-state index contributed by atoms with van der Waals surface area (Å²) in [6.45, 7) is 6.06. The number of carbonyl (C=O) groups excluding carboxylic acids is 1. The topological polar surface area (TPSA) is 49.3 Å². The van der Waals surface area contributed by atoms with E-state index < -0.39 is 0 Å². The highest BCUT2D eigenvalue weighted by molar-refractivity contribution is 5.78. The van der Waals surface area contributed by atoms with Gasteiger partial charge in [-0.15, -0.1) is 0 Å². The van der Waals surface area contributed by atoms with Crippen molar-refractivity contribution in [2.75, 3.05) is 6.61 Å². The van der Waals surface area contributed by atoms with E-state index in [2.05, 4.69) is 5.32 Å². The Balaban J connectivity index is 2.63. The minimum Gasteiger partial charge on any atom is -0.396 e. The second-order valence-corrected chi connectivity index (χ2v) is 5.81. The Morgan fingerprint density at radius 3 is 2.63 bits per heavy atom. The molecular weight excluding hydrogens is 245 g/mol. The predicted molar refractivity (Wildman–Crippen MR) is 73.2 cm³/mol. The molecule has 1 aromatic rings. The van der Waals surface area contributed by atoms with Crippen LogP contribution in [0.15, 0.2) is 24.3 Å². The standard InChI is InChI=1S/C15H22FNO2/c1-15(2,3)13(7-8-18)17-14(19)10-11-5-4-6-12(16)9-11/h4-6,9,13,18H,7-8,10H2,1-3H3,(H,17,19). The monoisotopic (exact) mass is 267 g/mol. The summed E-state index contributed by atoms with van der Waals surface area (Å²) in [5, 5.41) is 11.9. The van der Waals surface area contributed by atoms with Gasteiger partial charge in [-0.3, -0.25) is 4.79 Å². The van der Waals surface area contributed by atoms with Gasteiger partial charge in [0.05, 0.1) is 6.42 Å². The van der Waals surface area contributed by atoms with Crippen LogP contribution in [0.4, 0.5) is 4.39 Å². The molecule has 0 saturated carbocycles. The second kappa shape index (κ2) is 6.66. The number of carbonyl (C=O) groups is 1. The van der Waals surface area contributed by atoms with Gasteiger partial charge in [0.2, 0.25) is 5.91 Å². The van der Waals surface area contributed by atoms with Crippen molar-refractivity contribution in [1.29, 1.82) is 0 Å². The first kappa shape index (κ1) is 15.6. The van der Waals surface area contributed by atoms with Crippen molar-refractivity contribution in [2.45, 2.75) is 39.7 Å². The first-order chi connectivity index (χ1) is 8.82. The number of rotatable bonds is 5. The molecule has 1 rings (SSSR count). The van der Waals surface area contributed by atoms with Gasteiger partial charge in [0.15, 0.2) is 0 Å². The van der Waals surface area contributed by atoms with E-state index >= 15 is 0 Å². The molecule has 0 aliphatic carbocycles. The molecule has 1 unspecified atom stereocenters. The summed E-state index contributed by atoms with van der Waals surface area (Å²) in [7, 11) is 0. The highest BCUT2D eigenvalue weighted by Gasteiger charge is 2.25. The fraction of sp³-hybridized carbons (Fsp3) is 0.533. The lowest BCUT2D eigenvalue weighted by molar-refractivity contribution is -0.122. The third-order valence-corrected chi connectivity index (χ3v) is 3.05. The van der Waals surface area contributed by atoms with Crippen LogP contribution in [0.2, 0.25) is 0 Å². The third-order valence-electron chi connectivity index (χ3n) is 3.05. The van der Waals surface area contributed by atoms with Gasteiger partial charge < -0.3 is 10.4 Å². The molecule has 106 valence electrons. The molecule has 0 aliphatic heterocycles. The maximum Gasteiger partial charge on any atom is 0.224 e. The SMILES string of the molecule is CC(C)(C)C(CCO)NC(=O)Cc1cccc(F)c1. The summed E-state index contributed by atoms with van der Waals surface area (Å²) >= 11 is 0. The van der Waals surface area contributed by atoms with Gasteiger partial charge in [0, 0.05) is 12.6 Å². The molecule has 2 N–H and O–H groups in total. The Morgan fingerprint density at radius 1 is 1.42 bits per heavy atom. The molecule has 4 heteroatoms. The number of aliphatic hydroxyl groups is 1. The lowest BCUT2D eigenvalue weighted by Crippen LogP contribution is -2.44. The summed E-state index contributed by atoms with van der Waals surface area (Å²) in [6, 6.07) is 5.93. The Labute approximate surface area is 113 Å². The average molecular weight is 267 g/mol. The Bertz CT molecular complexity index is 426. The molecule has 0 heterocycles. The van der Waals surface area contributed by atoms with Crippen LogP contribution in [0.5, 0.6) is 0 Å². The van der Waals surface area contributed by atoms with Crippen LogP contribution in [-0.4, -0.2) is 23.7 Å². The van der Waals surface area contributed by atoms with Crippen LogP contribution in [-0.2, 0) is 11.2 Å². The quantitative estimate of drug-likeness (QED) is 0.860. The van der Waals surface area contributed by atoms with E-state index in [0.29, 0.717) is 12.0 Å². The highest BCUT2D eigenvalue weighted by Crippen LogP contribution is 2.21. The van der Waals surface area contributed by atoms with Gasteiger partial charge in [-0.05, 0) is 29.5 Å². The third kappa shape index (κ3) is 5.39. The van der Waals surface area contributed by atoms with E-state index in [1.807, 2.05) is 20.8 Å². The largest absolute Gasteiger partial charge is 0.396 e. The summed E-state index contributed by atoms with van der Waals surface area (Å²) < 4.78 is 13.0. The van der Waals surface area contributed by atoms with Crippen molar-refractivity contribution >= 4 is 5.91 Å². The van der Waals surface area contributed by atoms with Crippen molar-refractivity contribution in [1.82, 2.24) is 5.32 Å². The number of hydrogen-bond donors (Lipinski definition) is 2. The van der Waals surface area contributed by atoms with E-state index in [0.717, 1.165) is 0 Å². The summed E-state index contributed by atoms with van der Waals surface area (Å²) in [5.41, 5.74) is 0.523. The summed E-state index contributed by atoms with van der Waals surface area (Å²) in [4.78, 5) is 11.9. The van der Waals surface area contributed by atoms with Crippen molar-refractivity contribution in [3.05, 3.63) is 35.6 Å². The Hall–Kier alpha value is -1.42. The molecule has 0 radical (unpaired) electrons. The molecule has 1 aromatic carbocycles. The fourth-order valence-corrected chi connectivity index (χ4v) is 1.93. The van der Waals surface area contributed by atoms with Crippen LogP contribution in [0.25, 0.3) is 0 Å². The lowest BCUT2D eigenvalue weighted by atomic mass is 9.85. The molecule has 1 atom stereocenters. The minimum atomic E-state index is -0.340. The minimum absolute atomic E-state index is 0.0299. The molecule has 0 bridgehead atoms. The zero-order valence-electron chi connectivity index (χ0n) is 11.7. The molecule has 0 saturated heterocycles. The maximum atomic E-state index is 13.0. The zero-order chi connectivity index (χ0) is 14.5. The van der Waals surface area contributed by atoms with Crippen molar-refractivity contribution in [3.63, 3.8) is 0 Å². The van der Waals surface area contributed by atoms with E-state index in [1.165, 1.54) is 12.1 Å². The zero-order valence-corrected chi connectivity index (χ0v) is 11.7. The number of aliphatic hydroxyl groups excluding tert-OH is 1. The van der Waals surface area contributed by atoms with Crippen molar-refractivity contribution in [3.8, 4) is 0 Å². The van der Waals surface area contributed by atoms with E-state index in [1.54, 1.807) is 12.1 Å². The lowest BCUT2D eigenvalue weighted by Gasteiger charge is -2.31. The normalized spacial score (nSPS) is 13.1. The van der Waals surface area contributed by atoms with E-state index in [4.69, 9.17) is 5.11 Å². The molecule has 19 heavy (non-hydrogen) atoms. The molecule has 0 spiro atoms. The predicted octanol–water partition coefficient (Wildman–Crippen LogP) is 2.28. The van der Waals surface area contributed by atoms with Gasteiger partial charge in [0.25, 0.3) is 0 Å². The van der Waals surface area contributed by atoms with Gasteiger partial charge in [-0.25, -0.2) is 4.39 Å². The number of halogens is 1.